The van der Waals surface area contributed by atoms with Crippen LogP contribution in [0.2, 0.25) is 5.02 Å². The van der Waals surface area contributed by atoms with Crippen LogP contribution in [0.3, 0.4) is 0 Å². The van der Waals surface area contributed by atoms with E-state index >= 15 is 0 Å². The number of benzene rings is 1. The highest BCUT2D eigenvalue weighted by Gasteiger charge is 2.39. The Balaban J connectivity index is 1.71. The Morgan fingerprint density at radius 3 is 2.60 bits per heavy atom. The molecule has 8 nitrogen and oxygen atoms in total. The lowest BCUT2D eigenvalue weighted by Crippen LogP contribution is -2.28. The molecular weight excluding hydrogens is 487 g/mol. The highest BCUT2D eigenvalue weighted by Crippen LogP contribution is 2.35. The minimum atomic E-state index is -5.00. The summed E-state index contributed by atoms with van der Waals surface area (Å²) in [4.78, 5) is 36.7. The number of carbonyl (C=O) groups is 1. The summed E-state index contributed by atoms with van der Waals surface area (Å²) in [5.74, 6) is -1.93. The second-order valence-corrected chi connectivity index (χ2v) is 7.83. The van der Waals surface area contributed by atoms with Gasteiger partial charge in [-0.25, -0.2) is 9.98 Å². The van der Waals surface area contributed by atoms with E-state index in [2.05, 4.69) is 15.0 Å². The molecule has 1 aromatic carbocycles. The zero-order valence-electron chi connectivity index (χ0n) is 17.8. The smallest absolute Gasteiger partial charge is 0.437 e. The molecular formula is C23H13ClF3N5O3. The number of ether oxygens (including phenoxy) is 1. The normalized spacial score (nSPS) is 13.3. The van der Waals surface area contributed by atoms with E-state index in [1.54, 1.807) is 25.1 Å². The van der Waals surface area contributed by atoms with Gasteiger partial charge in [-0.15, -0.1) is 0 Å². The number of hydrogen-bond donors (Lipinski definition) is 0. The number of carbonyl (C=O) groups excluding carboxylic acids is 1. The fourth-order valence-corrected chi connectivity index (χ4v) is 3.45. The molecule has 1 amide bonds. The van der Waals surface area contributed by atoms with Gasteiger partial charge in [0.25, 0.3) is 11.5 Å². The minimum Gasteiger partial charge on any atom is -0.449 e. The topological polar surface area (TPSA) is 110 Å². The first kappa shape index (κ1) is 23.8. The van der Waals surface area contributed by atoms with Gasteiger partial charge in [0.15, 0.2) is 5.69 Å². The van der Waals surface area contributed by atoms with Crippen molar-refractivity contribution in [2.75, 3.05) is 0 Å². The van der Waals surface area contributed by atoms with Gasteiger partial charge in [0, 0.05) is 22.5 Å². The number of nitriles is 1. The first-order chi connectivity index (χ1) is 16.5. The van der Waals surface area contributed by atoms with Crippen LogP contribution in [0.4, 0.5) is 13.2 Å². The molecule has 1 aliphatic rings. The van der Waals surface area contributed by atoms with Gasteiger partial charge in [-0.1, -0.05) is 17.7 Å². The molecule has 2 aromatic heterocycles. The van der Waals surface area contributed by atoms with Crippen molar-refractivity contribution < 1.29 is 22.7 Å². The molecule has 176 valence electrons. The summed E-state index contributed by atoms with van der Waals surface area (Å²) in [6.45, 7) is 1.44. The minimum absolute atomic E-state index is 0.0207. The van der Waals surface area contributed by atoms with Gasteiger partial charge in [-0.05, 0) is 37.3 Å². The van der Waals surface area contributed by atoms with E-state index in [4.69, 9.17) is 21.6 Å². The zero-order valence-corrected chi connectivity index (χ0v) is 18.6. The lowest BCUT2D eigenvalue weighted by molar-refractivity contribution is -0.142. The Morgan fingerprint density at radius 2 is 1.94 bits per heavy atom. The standard InChI is InChI=1S/C23H13ClF3N5O3/c1-12-2-3-14(9-29-12)18-7-16(31-21(18)33)10-32-11-30-20(23(25,26)27)19(22(32)34)35-17-5-13(8-28)4-15(24)6-17/h2-7,9,11H,10H2,1H3. The molecule has 0 fully saturated rings. The Hall–Kier alpha value is -4.30. The maximum absolute atomic E-state index is 13.6. The molecule has 0 bridgehead atoms. The summed E-state index contributed by atoms with van der Waals surface area (Å²) in [7, 11) is 0. The van der Waals surface area contributed by atoms with Crippen LogP contribution < -0.4 is 10.3 Å². The molecule has 12 heteroatoms. The van der Waals surface area contributed by atoms with Crippen LogP contribution in [0, 0.1) is 18.3 Å². The van der Waals surface area contributed by atoms with Gasteiger partial charge >= 0.3 is 6.18 Å². The molecule has 3 aromatic rings. The number of pyridine rings is 1. The molecule has 1 aliphatic heterocycles. The van der Waals surface area contributed by atoms with E-state index in [9.17, 15) is 22.8 Å². The molecule has 0 saturated heterocycles. The molecule has 0 atom stereocenters. The van der Waals surface area contributed by atoms with Crippen LogP contribution in [0.25, 0.3) is 5.57 Å². The highest BCUT2D eigenvalue weighted by atomic mass is 35.5. The fraction of sp³-hybridized carbons (Fsp3) is 0.130. The monoisotopic (exact) mass is 499 g/mol. The molecule has 0 N–H and O–H groups in total. The van der Waals surface area contributed by atoms with Crippen molar-refractivity contribution in [3.05, 3.63) is 86.8 Å². The Bertz CT molecular complexity index is 1500. The number of allylic oxidation sites excluding steroid dienone is 1. The second kappa shape index (κ2) is 9.15. The maximum atomic E-state index is 13.6. The van der Waals surface area contributed by atoms with Crippen molar-refractivity contribution in [2.45, 2.75) is 19.6 Å². The van der Waals surface area contributed by atoms with Crippen LogP contribution >= 0.6 is 11.6 Å². The summed E-state index contributed by atoms with van der Waals surface area (Å²) < 4.78 is 46.7. The number of hydrogen-bond acceptors (Lipinski definition) is 6. The molecule has 0 unspecified atom stereocenters. The van der Waals surface area contributed by atoms with Gasteiger partial charge in [0.05, 0.1) is 35.8 Å². The van der Waals surface area contributed by atoms with E-state index in [0.29, 0.717) is 11.9 Å². The number of halogens is 4. The maximum Gasteiger partial charge on any atom is 0.437 e. The number of nitrogens with zero attached hydrogens (tertiary/aromatic N) is 5. The van der Waals surface area contributed by atoms with Gasteiger partial charge < -0.3 is 4.74 Å². The number of aliphatic imine (C=N–C) groups is 1. The third-order valence-corrected chi connectivity index (χ3v) is 5.04. The summed E-state index contributed by atoms with van der Waals surface area (Å²) in [5, 5.41) is 9.09. The molecule has 0 aliphatic carbocycles. The van der Waals surface area contributed by atoms with Crippen molar-refractivity contribution in [1.82, 2.24) is 14.5 Å². The fourth-order valence-electron chi connectivity index (χ4n) is 3.22. The van der Waals surface area contributed by atoms with Gasteiger partial charge in [-0.3, -0.25) is 19.1 Å². The highest BCUT2D eigenvalue weighted by molar-refractivity contribution is 6.32. The SMILES string of the molecule is Cc1ccc(C2=CC(Cn3cnc(C(F)(F)F)c(Oc4cc(Cl)cc(C#N)c4)c3=O)=NC2=O)cn1. The molecule has 0 saturated carbocycles. The van der Waals surface area contributed by atoms with Crippen molar-refractivity contribution in [3.8, 4) is 17.6 Å². The second-order valence-electron chi connectivity index (χ2n) is 7.40. The molecule has 0 spiro atoms. The van der Waals surface area contributed by atoms with E-state index < -0.39 is 29.1 Å². The average Bonchev–Trinajstić information content (AvgIpc) is 3.15. The molecule has 0 radical (unpaired) electrons. The van der Waals surface area contributed by atoms with Crippen molar-refractivity contribution >= 4 is 28.8 Å². The Morgan fingerprint density at radius 1 is 1.17 bits per heavy atom. The third kappa shape index (κ3) is 5.12. The third-order valence-electron chi connectivity index (χ3n) is 4.83. The van der Waals surface area contributed by atoms with Crippen LogP contribution in [0.5, 0.6) is 11.5 Å². The number of amides is 1. The lowest BCUT2D eigenvalue weighted by atomic mass is 10.1. The van der Waals surface area contributed by atoms with E-state index in [1.165, 1.54) is 18.3 Å². The zero-order chi connectivity index (χ0) is 25.3. The van der Waals surface area contributed by atoms with Crippen LogP contribution in [0.1, 0.15) is 22.5 Å². The molecule has 4 rings (SSSR count). The van der Waals surface area contributed by atoms with Gasteiger partial charge in [0.2, 0.25) is 5.75 Å². The number of rotatable bonds is 5. The van der Waals surface area contributed by atoms with Crippen molar-refractivity contribution in [3.63, 3.8) is 0 Å². The Kier molecular flexibility index (Phi) is 6.24. The molecule has 35 heavy (non-hydrogen) atoms. The quantitative estimate of drug-likeness (QED) is 0.516. The van der Waals surface area contributed by atoms with Gasteiger partial charge in [-0.2, -0.15) is 18.4 Å². The van der Waals surface area contributed by atoms with Gasteiger partial charge in [0.1, 0.15) is 5.75 Å². The summed E-state index contributed by atoms with van der Waals surface area (Å²) >= 11 is 5.88. The predicted molar refractivity (Wildman–Crippen MR) is 119 cm³/mol. The summed E-state index contributed by atoms with van der Waals surface area (Å²) in [6.07, 6.45) is -1.38. The van der Waals surface area contributed by atoms with E-state index in [0.717, 1.165) is 22.4 Å². The Labute approximate surface area is 200 Å². The van der Waals surface area contributed by atoms with Crippen LogP contribution in [-0.2, 0) is 17.5 Å². The first-order valence-electron chi connectivity index (χ1n) is 9.87. The largest absolute Gasteiger partial charge is 0.449 e. The van der Waals surface area contributed by atoms with Crippen LogP contribution in [-0.4, -0.2) is 26.2 Å². The predicted octanol–water partition coefficient (Wildman–Crippen LogP) is 4.35. The van der Waals surface area contributed by atoms with E-state index in [-0.39, 0.29) is 34.2 Å². The average molecular weight is 500 g/mol. The number of aromatic nitrogens is 3. The van der Waals surface area contributed by atoms with E-state index in [1.807, 2.05) is 0 Å². The summed E-state index contributed by atoms with van der Waals surface area (Å²) in [5.41, 5.74) is -1.07. The lowest BCUT2D eigenvalue weighted by Gasteiger charge is -2.14. The van der Waals surface area contributed by atoms with Crippen molar-refractivity contribution in [2.24, 2.45) is 4.99 Å². The number of aryl methyl sites for hydroxylation is 1. The van der Waals surface area contributed by atoms with Crippen molar-refractivity contribution in [1.29, 1.82) is 5.26 Å². The van der Waals surface area contributed by atoms with Crippen LogP contribution in [0.15, 0.2) is 58.7 Å². The number of alkyl halides is 3. The molecule has 3 heterocycles. The first-order valence-corrected chi connectivity index (χ1v) is 10.2. The summed E-state index contributed by atoms with van der Waals surface area (Å²) in [6, 6.07) is 8.76.